The van der Waals surface area contributed by atoms with Crippen LogP contribution in [-0.2, 0) is 13.0 Å². The Balaban J connectivity index is 2.43. The summed E-state index contributed by atoms with van der Waals surface area (Å²) in [4.78, 5) is 11.3. The van der Waals surface area contributed by atoms with Crippen LogP contribution in [0.1, 0.15) is 36.2 Å². The Hall–Kier alpha value is -2.10. The number of aromatic carboxylic acids is 1. The van der Waals surface area contributed by atoms with Crippen LogP contribution >= 0.6 is 0 Å². The highest BCUT2D eigenvalue weighted by Crippen LogP contribution is 2.23. The van der Waals surface area contributed by atoms with E-state index in [1.165, 1.54) is 5.56 Å². The number of carboxylic acid groups (broad SMARTS) is 1. The van der Waals surface area contributed by atoms with Crippen molar-refractivity contribution < 1.29 is 9.90 Å². The van der Waals surface area contributed by atoms with Gasteiger partial charge in [0, 0.05) is 18.3 Å². The molecule has 4 nitrogen and oxygen atoms in total. The molecule has 1 aromatic heterocycles. The minimum absolute atomic E-state index is 0.262. The van der Waals surface area contributed by atoms with Crippen molar-refractivity contribution in [2.75, 3.05) is 0 Å². The molecule has 0 saturated carbocycles. The number of benzene rings is 1. The van der Waals surface area contributed by atoms with Gasteiger partial charge in [0.1, 0.15) is 11.3 Å². The van der Waals surface area contributed by atoms with E-state index in [1.807, 2.05) is 31.2 Å². The van der Waals surface area contributed by atoms with Gasteiger partial charge in [0.05, 0.1) is 0 Å². The predicted octanol–water partition coefficient (Wildman–Crippen LogP) is 3.22. The molecular formula is C15H18N2O2. The van der Waals surface area contributed by atoms with E-state index >= 15 is 0 Å². The number of rotatable bonds is 5. The van der Waals surface area contributed by atoms with Crippen LogP contribution in [0.2, 0.25) is 0 Å². The maximum Gasteiger partial charge on any atom is 0.339 e. The summed E-state index contributed by atoms with van der Waals surface area (Å²) in [5.41, 5.74) is 2.89. The van der Waals surface area contributed by atoms with E-state index in [2.05, 4.69) is 12.0 Å². The van der Waals surface area contributed by atoms with Crippen LogP contribution in [0.3, 0.4) is 0 Å². The zero-order valence-corrected chi connectivity index (χ0v) is 11.3. The Bertz CT molecular complexity index is 570. The molecule has 0 aliphatic carbocycles. The lowest BCUT2D eigenvalue weighted by Gasteiger charge is -2.01. The maximum atomic E-state index is 11.3. The van der Waals surface area contributed by atoms with E-state index in [4.69, 9.17) is 0 Å². The van der Waals surface area contributed by atoms with Crippen LogP contribution in [0.25, 0.3) is 11.3 Å². The minimum Gasteiger partial charge on any atom is -0.478 e. The van der Waals surface area contributed by atoms with E-state index in [9.17, 15) is 9.90 Å². The van der Waals surface area contributed by atoms with Crippen molar-refractivity contribution in [2.45, 2.75) is 33.2 Å². The predicted molar refractivity (Wildman–Crippen MR) is 74.3 cm³/mol. The van der Waals surface area contributed by atoms with E-state index in [1.54, 1.807) is 10.9 Å². The first-order chi connectivity index (χ1) is 9.15. The van der Waals surface area contributed by atoms with Crippen molar-refractivity contribution in [3.8, 4) is 11.3 Å². The van der Waals surface area contributed by atoms with Crippen molar-refractivity contribution in [1.82, 2.24) is 9.78 Å². The number of hydrogen-bond donors (Lipinski definition) is 1. The molecule has 19 heavy (non-hydrogen) atoms. The lowest BCUT2D eigenvalue weighted by molar-refractivity contribution is 0.0697. The molecule has 1 N–H and O–H groups in total. The molecule has 0 saturated heterocycles. The highest BCUT2D eigenvalue weighted by molar-refractivity contribution is 5.94. The molecule has 0 fully saturated rings. The van der Waals surface area contributed by atoms with E-state index < -0.39 is 5.97 Å². The van der Waals surface area contributed by atoms with Crippen LogP contribution in [0.4, 0.5) is 0 Å². The third kappa shape index (κ3) is 2.84. The number of nitrogens with zero attached hydrogens (tertiary/aromatic N) is 2. The summed E-state index contributed by atoms with van der Waals surface area (Å²) >= 11 is 0. The molecule has 0 aliphatic rings. The summed E-state index contributed by atoms with van der Waals surface area (Å²) in [5, 5.41) is 13.6. The topological polar surface area (TPSA) is 55.1 Å². The van der Waals surface area contributed by atoms with Gasteiger partial charge in [-0.2, -0.15) is 5.10 Å². The molecule has 0 atom stereocenters. The summed E-state index contributed by atoms with van der Waals surface area (Å²) in [5.74, 6) is -0.933. The van der Waals surface area contributed by atoms with Crippen molar-refractivity contribution in [1.29, 1.82) is 0 Å². The maximum absolute atomic E-state index is 11.3. The fourth-order valence-corrected chi connectivity index (χ4v) is 2.03. The molecule has 0 radical (unpaired) electrons. The number of aromatic nitrogens is 2. The first-order valence-electron chi connectivity index (χ1n) is 6.55. The van der Waals surface area contributed by atoms with Crippen LogP contribution in [0.15, 0.2) is 30.5 Å². The Labute approximate surface area is 112 Å². The first kappa shape index (κ1) is 13.3. The fraction of sp³-hybridized carbons (Fsp3) is 0.333. The third-order valence-electron chi connectivity index (χ3n) is 3.08. The number of aryl methyl sites for hydroxylation is 2. The summed E-state index contributed by atoms with van der Waals surface area (Å²) in [6.45, 7) is 4.86. The molecule has 2 aromatic rings. The summed E-state index contributed by atoms with van der Waals surface area (Å²) in [6.07, 6.45) is 3.50. The van der Waals surface area contributed by atoms with E-state index in [0.29, 0.717) is 5.69 Å². The van der Waals surface area contributed by atoms with Crippen molar-refractivity contribution >= 4 is 5.97 Å². The summed E-state index contributed by atoms with van der Waals surface area (Å²) in [6, 6.07) is 7.90. The number of carboxylic acids is 1. The second-order valence-electron chi connectivity index (χ2n) is 4.51. The van der Waals surface area contributed by atoms with E-state index in [0.717, 1.165) is 24.9 Å². The van der Waals surface area contributed by atoms with Crippen molar-refractivity contribution in [2.24, 2.45) is 0 Å². The second-order valence-corrected chi connectivity index (χ2v) is 4.51. The van der Waals surface area contributed by atoms with Gasteiger partial charge in [0.2, 0.25) is 0 Å². The van der Waals surface area contributed by atoms with Gasteiger partial charge in [-0.15, -0.1) is 0 Å². The minimum atomic E-state index is -0.933. The molecule has 4 heteroatoms. The molecule has 1 heterocycles. The van der Waals surface area contributed by atoms with Crippen LogP contribution in [0.5, 0.6) is 0 Å². The van der Waals surface area contributed by atoms with Gasteiger partial charge in [-0.05, 0) is 18.4 Å². The number of hydrogen-bond acceptors (Lipinski definition) is 2. The highest BCUT2D eigenvalue weighted by atomic mass is 16.4. The van der Waals surface area contributed by atoms with Gasteiger partial charge in [0.15, 0.2) is 0 Å². The van der Waals surface area contributed by atoms with Crippen molar-refractivity contribution in [3.63, 3.8) is 0 Å². The molecule has 0 bridgehead atoms. The molecule has 0 amide bonds. The molecular weight excluding hydrogens is 240 g/mol. The lowest BCUT2D eigenvalue weighted by atomic mass is 10.1. The third-order valence-corrected chi connectivity index (χ3v) is 3.08. The molecule has 0 spiro atoms. The Kier molecular flexibility index (Phi) is 4.00. The molecule has 2 rings (SSSR count). The molecule has 100 valence electrons. The fourth-order valence-electron chi connectivity index (χ4n) is 2.03. The highest BCUT2D eigenvalue weighted by Gasteiger charge is 2.16. The Morgan fingerprint density at radius 1 is 1.26 bits per heavy atom. The average Bonchev–Trinajstić information content (AvgIpc) is 2.83. The monoisotopic (exact) mass is 258 g/mol. The van der Waals surface area contributed by atoms with Crippen LogP contribution < -0.4 is 0 Å². The van der Waals surface area contributed by atoms with Crippen LogP contribution in [0, 0.1) is 0 Å². The van der Waals surface area contributed by atoms with Gasteiger partial charge < -0.3 is 5.11 Å². The Morgan fingerprint density at radius 2 is 1.95 bits per heavy atom. The van der Waals surface area contributed by atoms with Gasteiger partial charge >= 0.3 is 5.97 Å². The quantitative estimate of drug-likeness (QED) is 0.895. The van der Waals surface area contributed by atoms with Gasteiger partial charge in [-0.3, -0.25) is 4.68 Å². The SMILES string of the molecule is CCCn1cc(C(=O)O)c(-c2ccc(CC)cc2)n1. The average molecular weight is 258 g/mol. The number of carbonyl (C=O) groups is 1. The zero-order valence-electron chi connectivity index (χ0n) is 11.3. The second kappa shape index (κ2) is 5.69. The van der Waals surface area contributed by atoms with Gasteiger partial charge in [-0.25, -0.2) is 4.79 Å². The van der Waals surface area contributed by atoms with E-state index in [-0.39, 0.29) is 5.56 Å². The molecule has 1 aromatic carbocycles. The summed E-state index contributed by atoms with van der Waals surface area (Å²) in [7, 11) is 0. The van der Waals surface area contributed by atoms with Gasteiger partial charge in [-0.1, -0.05) is 38.1 Å². The van der Waals surface area contributed by atoms with Crippen molar-refractivity contribution in [3.05, 3.63) is 41.6 Å². The normalized spacial score (nSPS) is 10.6. The standard InChI is InChI=1S/C15H18N2O2/c1-3-9-17-10-13(15(18)19)14(16-17)12-7-5-11(4-2)6-8-12/h5-8,10H,3-4,9H2,1-2H3,(H,18,19). The molecule has 0 unspecified atom stereocenters. The van der Waals surface area contributed by atoms with Gasteiger partial charge in [0.25, 0.3) is 0 Å². The lowest BCUT2D eigenvalue weighted by Crippen LogP contribution is -1.97. The smallest absolute Gasteiger partial charge is 0.339 e. The van der Waals surface area contributed by atoms with Crippen LogP contribution in [-0.4, -0.2) is 20.9 Å². The largest absolute Gasteiger partial charge is 0.478 e. The summed E-state index contributed by atoms with van der Waals surface area (Å²) < 4.78 is 1.70. The first-order valence-corrected chi connectivity index (χ1v) is 6.55. The zero-order chi connectivity index (χ0) is 13.8. The molecule has 0 aliphatic heterocycles. The Morgan fingerprint density at radius 3 is 2.47 bits per heavy atom.